The van der Waals surface area contributed by atoms with Crippen LogP contribution in [0.2, 0.25) is 0 Å². The number of amides is 2. The van der Waals surface area contributed by atoms with Crippen LogP contribution in [0.5, 0.6) is 0 Å². The highest BCUT2D eigenvalue weighted by Crippen LogP contribution is 2.14. The van der Waals surface area contributed by atoms with Crippen molar-refractivity contribution in [3.63, 3.8) is 0 Å². The predicted octanol–water partition coefficient (Wildman–Crippen LogP) is 8.20. The molecule has 1 rings (SSSR count). The van der Waals surface area contributed by atoms with Crippen molar-refractivity contribution < 1.29 is 14.3 Å². The Balaban J connectivity index is 1.79. The molecule has 0 saturated carbocycles. The lowest BCUT2D eigenvalue weighted by molar-refractivity contribution is 0.0918. The van der Waals surface area contributed by atoms with E-state index < -0.39 is 12.0 Å². The molecule has 0 unspecified atom stereocenters. The van der Waals surface area contributed by atoms with Crippen LogP contribution in [0.15, 0.2) is 30.3 Å². The Labute approximate surface area is 190 Å². The number of imide groups is 1. The summed E-state index contributed by atoms with van der Waals surface area (Å²) in [6, 6.07) is 8.68. The van der Waals surface area contributed by atoms with E-state index in [1.54, 1.807) is 24.3 Å². The average molecular weight is 432 g/mol. The lowest BCUT2D eigenvalue weighted by Crippen LogP contribution is -2.31. The van der Waals surface area contributed by atoms with Gasteiger partial charge in [-0.15, -0.1) is 0 Å². The van der Waals surface area contributed by atoms with Gasteiger partial charge < -0.3 is 4.74 Å². The molecule has 0 heterocycles. The van der Waals surface area contributed by atoms with Crippen molar-refractivity contribution in [3.05, 3.63) is 35.9 Å². The van der Waals surface area contributed by atoms with Gasteiger partial charge in [0.2, 0.25) is 0 Å². The van der Waals surface area contributed by atoms with Crippen LogP contribution in [-0.2, 0) is 4.74 Å². The summed E-state index contributed by atoms with van der Waals surface area (Å²) in [6.45, 7) is 2.64. The lowest BCUT2D eigenvalue weighted by Gasteiger charge is -2.06. The van der Waals surface area contributed by atoms with Crippen LogP contribution in [0.4, 0.5) is 4.79 Å². The predicted molar refractivity (Wildman–Crippen MR) is 129 cm³/mol. The number of rotatable bonds is 19. The first-order valence-corrected chi connectivity index (χ1v) is 12.8. The van der Waals surface area contributed by atoms with Gasteiger partial charge in [-0.2, -0.15) is 0 Å². The Morgan fingerprint density at radius 3 is 1.52 bits per heavy atom. The van der Waals surface area contributed by atoms with E-state index in [4.69, 9.17) is 4.74 Å². The minimum Gasteiger partial charge on any atom is -0.449 e. The maximum Gasteiger partial charge on any atom is 0.414 e. The van der Waals surface area contributed by atoms with E-state index in [9.17, 15) is 9.59 Å². The van der Waals surface area contributed by atoms with Crippen LogP contribution in [-0.4, -0.2) is 18.6 Å². The molecule has 0 aliphatic carbocycles. The third-order valence-electron chi connectivity index (χ3n) is 5.73. The van der Waals surface area contributed by atoms with Crippen LogP contribution >= 0.6 is 0 Å². The molecule has 4 heteroatoms. The fourth-order valence-corrected chi connectivity index (χ4v) is 3.78. The molecule has 0 fully saturated rings. The van der Waals surface area contributed by atoms with Gasteiger partial charge in [-0.1, -0.05) is 128 Å². The van der Waals surface area contributed by atoms with Crippen molar-refractivity contribution in [1.82, 2.24) is 5.32 Å². The summed E-state index contributed by atoms with van der Waals surface area (Å²) in [4.78, 5) is 23.5. The molecule has 0 aliphatic rings. The molecule has 0 saturated heterocycles. The Hall–Kier alpha value is -1.84. The first-order valence-electron chi connectivity index (χ1n) is 12.8. The molecule has 176 valence electrons. The quantitative estimate of drug-likeness (QED) is 0.225. The molecule has 0 spiro atoms. The van der Waals surface area contributed by atoms with Crippen LogP contribution in [0.3, 0.4) is 0 Å². The summed E-state index contributed by atoms with van der Waals surface area (Å²) >= 11 is 0. The second kappa shape index (κ2) is 20.1. The topological polar surface area (TPSA) is 55.4 Å². The van der Waals surface area contributed by atoms with Gasteiger partial charge in [0.15, 0.2) is 0 Å². The SMILES string of the molecule is CCCCCCCCCCCCCCCCCCCOC(=O)NC(=O)c1ccccc1. The van der Waals surface area contributed by atoms with E-state index in [0.29, 0.717) is 12.2 Å². The van der Waals surface area contributed by atoms with Crippen molar-refractivity contribution in [2.45, 2.75) is 116 Å². The van der Waals surface area contributed by atoms with Crippen molar-refractivity contribution in [3.8, 4) is 0 Å². The first kappa shape index (κ1) is 27.2. The van der Waals surface area contributed by atoms with Crippen molar-refractivity contribution >= 4 is 12.0 Å². The third kappa shape index (κ3) is 16.5. The lowest BCUT2D eigenvalue weighted by atomic mass is 10.0. The first-order chi connectivity index (χ1) is 15.2. The van der Waals surface area contributed by atoms with Crippen LogP contribution in [0.1, 0.15) is 126 Å². The summed E-state index contributed by atoms with van der Waals surface area (Å²) in [6.07, 6.45) is 21.8. The third-order valence-corrected chi connectivity index (χ3v) is 5.73. The van der Waals surface area contributed by atoms with Crippen molar-refractivity contribution in [2.75, 3.05) is 6.61 Å². The number of carbonyl (C=O) groups is 2. The molecule has 1 aromatic rings. The van der Waals surface area contributed by atoms with E-state index >= 15 is 0 Å². The van der Waals surface area contributed by atoms with Gasteiger partial charge in [-0.25, -0.2) is 4.79 Å². The minimum absolute atomic E-state index is 0.368. The summed E-state index contributed by atoms with van der Waals surface area (Å²) in [7, 11) is 0. The van der Waals surface area contributed by atoms with Gasteiger partial charge in [0.25, 0.3) is 5.91 Å². The van der Waals surface area contributed by atoms with Gasteiger partial charge in [0.05, 0.1) is 6.61 Å². The maximum atomic E-state index is 11.8. The van der Waals surface area contributed by atoms with Crippen LogP contribution < -0.4 is 5.32 Å². The zero-order chi connectivity index (χ0) is 22.4. The van der Waals surface area contributed by atoms with Gasteiger partial charge in [-0.3, -0.25) is 10.1 Å². The molecule has 1 aromatic carbocycles. The standard InChI is InChI=1S/C27H45NO3/c1-2-3-4-5-6-7-8-9-10-11-12-13-14-15-16-17-21-24-31-27(30)28-26(29)25-22-19-18-20-23-25/h18-20,22-23H,2-17,21,24H2,1H3,(H,28,29,30). The van der Waals surface area contributed by atoms with E-state index in [-0.39, 0.29) is 0 Å². The molecular formula is C27H45NO3. The highest BCUT2D eigenvalue weighted by molar-refractivity contribution is 6.02. The zero-order valence-corrected chi connectivity index (χ0v) is 19.8. The van der Waals surface area contributed by atoms with Crippen molar-refractivity contribution in [1.29, 1.82) is 0 Å². The maximum absolute atomic E-state index is 11.8. The number of alkyl carbamates (subject to hydrolysis) is 1. The molecule has 1 N–H and O–H groups in total. The second-order valence-corrected chi connectivity index (χ2v) is 8.61. The number of nitrogens with one attached hydrogen (secondary N) is 1. The Kier molecular flexibility index (Phi) is 17.6. The highest BCUT2D eigenvalue weighted by Gasteiger charge is 2.10. The summed E-state index contributed by atoms with van der Waals surface area (Å²) < 4.78 is 5.09. The van der Waals surface area contributed by atoms with Crippen molar-refractivity contribution in [2.24, 2.45) is 0 Å². The van der Waals surface area contributed by atoms with Crippen LogP contribution in [0.25, 0.3) is 0 Å². The normalized spacial score (nSPS) is 10.7. The fourth-order valence-electron chi connectivity index (χ4n) is 3.78. The molecule has 0 aromatic heterocycles. The monoisotopic (exact) mass is 431 g/mol. The van der Waals surface area contributed by atoms with E-state index in [1.165, 1.54) is 96.3 Å². The Morgan fingerprint density at radius 2 is 1.06 bits per heavy atom. The fraction of sp³-hybridized carbons (Fsp3) is 0.704. The zero-order valence-electron chi connectivity index (χ0n) is 19.8. The molecule has 2 amide bonds. The van der Waals surface area contributed by atoms with E-state index in [0.717, 1.165) is 12.8 Å². The summed E-state index contributed by atoms with van der Waals surface area (Å²) in [5, 5.41) is 2.25. The van der Waals surface area contributed by atoms with Gasteiger partial charge in [0.1, 0.15) is 0 Å². The number of benzene rings is 1. The Bertz CT molecular complexity index is 559. The number of unbranched alkanes of at least 4 members (excludes halogenated alkanes) is 16. The highest BCUT2D eigenvalue weighted by atomic mass is 16.5. The Morgan fingerprint density at radius 1 is 0.645 bits per heavy atom. The minimum atomic E-state index is -0.662. The van der Waals surface area contributed by atoms with E-state index in [1.807, 2.05) is 6.07 Å². The molecule has 0 aliphatic heterocycles. The van der Waals surface area contributed by atoms with Gasteiger partial charge >= 0.3 is 6.09 Å². The van der Waals surface area contributed by atoms with Gasteiger partial charge in [0, 0.05) is 5.56 Å². The molecule has 0 bridgehead atoms. The largest absolute Gasteiger partial charge is 0.449 e. The number of hydrogen-bond donors (Lipinski definition) is 1. The average Bonchev–Trinajstić information content (AvgIpc) is 2.78. The molecule has 0 radical (unpaired) electrons. The number of ether oxygens (including phenoxy) is 1. The molecule has 31 heavy (non-hydrogen) atoms. The molecule has 4 nitrogen and oxygen atoms in total. The van der Waals surface area contributed by atoms with E-state index in [2.05, 4.69) is 12.2 Å². The molecule has 0 atom stereocenters. The smallest absolute Gasteiger partial charge is 0.414 e. The summed E-state index contributed by atoms with van der Waals surface area (Å²) in [5.41, 5.74) is 0.456. The number of hydrogen-bond acceptors (Lipinski definition) is 3. The second-order valence-electron chi connectivity index (χ2n) is 8.61. The van der Waals surface area contributed by atoms with Crippen LogP contribution in [0, 0.1) is 0 Å². The molecular weight excluding hydrogens is 386 g/mol. The van der Waals surface area contributed by atoms with Gasteiger partial charge in [-0.05, 0) is 18.6 Å². The summed E-state index contributed by atoms with van der Waals surface area (Å²) in [5.74, 6) is -0.423. The number of carbonyl (C=O) groups excluding carboxylic acids is 2.